The molecule has 1 aromatic carbocycles. The number of phenols is 1. The van der Waals surface area contributed by atoms with Crippen LogP contribution in [-0.4, -0.2) is 36.0 Å². The molecule has 2 aromatic heterocycles. The number of esters is 1. The lowest BCUT2D eigenvalue weighted by atomic mass is 9.86. The van der Waals surface area contributed by atoms with E-state index in [2.05, 4.69) is 0 Å². The van der Waals surface area contributed by atoms with Gasteiger partial charge in [0.15, 0.2) is 5.60 Å². The van der Waals surface area contributed by atoms with Gasteiger partial charge in [-0.25, -0.2) is 9.78 Å². The van der Waals surface area contributed by atoms with Gasteiger partial charge in [0.1, 0.15) is 12.4 Å². The number of hydrogen-bond donors (Lipinski definition) is 2. The first-order valence-corrected chi connectivity index (χ1v) is 10.1. The molecule has 1 atom stereocenters. The Balaban J connectivity index is 1.83. The van der Waals surface area contributed by atoms with Gasteiger partial charge < -0.3 is 19.5 Å². The summed E-state index contributed by atoms with van der Waals surface area (Å²) in [6.07, 6.45) is 0.116. The molecular formula is C20H18N2O5Si. The second-order valence-corrected chi connectivity index (χ2v) is 8.37. The van der Waals surface area contributed by atoms with Gasteiger partial charge in [0.25, 0.3) is 5.56 Å². The fourth-order valence-electron chi connectivity index (χ4n) is 4.27. The third-order valence-electron chi connectivity index (χ3n) is 5.96. The van der Waals surface area contributed by atoms with Crippen LogP contribution in [0.3, 0.4) is 0 Å². The van der Waals surface area contributed by atoms with Crippen LogP contribution in [0.1, 0.15) is 30.0 Å². The predicted molar refractivity (Wildman–Crippen MR) is 106 cm³/mol. The molecule has 0 radical (unpaired) electrons. The van der Waals surface area contributed by atoms with Gasteiger partial charge in [-0.2, -0.15) is 0 Å². The van der Waals surface area contributed by atoms with Crippen molar-refractivity contribution in [3.05, 3.63) is 51.3 Å². The molecule has 5 rings (SSSR count). The summed E-state index contributed by atoms with van der Waals surface area (Å²) in [6.45, 7) is 1.93. The zero-order valence-electron chi connectivity index (χ0n) is 15.4. The van der Waals surface area contributed by atoms with Crippen molar-refractivity contribution in [3.8, 4) is 17.1 Å². The quantitative estimate of drug-likeness (QED) is 0.342. The van der Waals surface area contributed by atoms with E-state index in [0.29, 0.717) is 29.1 Å². The topological polar surface area (TPSA) is 102 Å². The Hall–Kier alpha value is -2.97. The van der Waals surface area contributed by atoms with Crippen LogP contribution >= 0.6 is 0 Å². The second-order valence-electron chi connectivity index (χ2n) is 7.37. The number of fused-ring (bicyclic) bond motifs is 5. The van der Waals surface area contributed by atoms with E-state index in [1.807, 2.05) is 0 Å². The highest BCUT2D eigenvalue weighted by molar-refractivity contribution is 6.40. The van der Waals surface area contributed by atoms with Gasteiger partial charge in [-0.1, -0.05) is 12.1 Å². The monoisotopic (exact) mass is 394 g/mol. The van der Waals surface area contributed by atoms with Crippen molar-refractivity contribution in [2.45, 2.75) is 32.1 Å². The summed E-state index contributed by atoms with van der Waals surface area (Å²) in [6, 6.07) is 6.76. The summed E-state index contributed by atoms with van der Waals surface area (Å²) < 4.78 is 6.72. The molecule has 0 spiro atoms. The molecule has 0 amide bonds. The molecule has 4 heterocycles. The minimum absolute atomic E-state index is 0.116. The number of aliphatic hydroxyl groups is 1. The Labute approximate surface area is 162 Å². The average molecular weight is 394 g/mol. The Morgan fingerprint density at radius 2 is 2.07 bits per heavy atom. The first kappa shape index (κ1) is 17.1. The minimum atomic E-state index is -1.82. The zero-order valence-corrected chi connectivity index (χ0v) is 17.4. The standard InChI is InChI=1S/C20H18N2O5Si/c1-2-20(26)13-6-15-16-11(7-22(15)18(24)12(13)8-27-19(20)25)17(28)10-5-9(23)3-4-14(10)21-16/h3-6,23,26H,2,7-8H2,1,28H3/t20-/m0/s1. The normalized spacial score (nSPS) is 20.0. The van der Waals surface area contributed by atoms with Crippen molar-refractivity contribution in [1.82, 2.24) is 9.55 Å². The minimum Gasteiger partial charge on any atom is -0.508 e. The first-order chi connectivity index (χ1) is 13.3. The van der Waals surface area contributed by atoms with Crippen molar-refractivity contribution in [1.29, 1.82) is 0 Å². The lowest BCUT2D eigenvalue weighted by molar-refractivity contribution is -0.172. The van der Waals surface area contributed by atoms with E-state index >= 15 is 0 Å². The molecular weight excluding hydrogens is 376 g/mol. The van der Waals surface area contributed by atoms with Gasteiger partial charge in [-0.05, 0) is 36.2 Å². The number of ether oxygens (including phenoxy) is 1. The Bertz CT molecular complexity index is 1270. The summed E-state index contributed by atoms with van der Waals surface area (Å²) in [4.78, 5) is 30.1. The molecule has 2 N–H and O–H groups in total. The summed E-state index contributed by atoms with van der Waals surface area (Å²) >= 11 is 0. The summed E-state index contributed by atoms with van der Waals surface area (Å²) in [5.74, 6) is -0.547. The zero-order chi connectivity index (χ0) is 19.8. The number of pyridine rings is 2. The lowest BCUT2D eigenvalue weighted by Crippen LogP contribution is -2.44. The number of benzene rings is 1. The maximum Gasteiger partial charge on any atom is 0.343 e. The highest BCUT2D eigenvalue weighted by atomic mass is 28.1. The Kier molecular flexibility index (Phi) is 3.38. The van der Waals surface area contributed by atoms with Gasteiger partial charge in [-0.3, -0.25) is 4.79 Å². The van der Waals surface area contributed by atoms with E-state index in [1.54, 1.807) is 35.8 Å². The van der Waals surface area contributed by atoms with Crippen molar-refractivity contribution in [3.63, 3.8) is 0 Å². The smallest absolute Gasteiger partial charge is 0.343 e. The maximum atomic E-state index is 13.1. The van der Waals surface area contributed by atoms with Crippen LogP contribution < -0.4 is 10.7 Å². The molecule has 0 saturated heterocycles. The number of cyclic esters (lactones) is 1. The van der Waals surface area contributed by atoms with Gasteiger partial charge in [0, 0.05) is 21.2 Å². The van der Waals surface area contributed by atoms with Gasteiger partial charge in [0.2, 0.25) is 0 Å². The van der Waals surface area contributed by atoms with Crippen LogP contribution in [0.15, 0.2) is 29.1 Å². The van der Waals surface area contributed by atoms with Crippen molar-refractivity contribution < 1.29 is 19.7 Å². The molecule has 0 unspecified atom stereocenters. The molecule has 0 fully saturated rings. The average Bonchev–Trinajstić information content (AvgIpc) is 3.05. The first-order valence-electron chi connectivity index (χ1n) is 9.14. The largest absolute Gasteiger partial charge is 0.508 e. The number of hydrogen-bond acceptors (Lipinski definition) is 6. The van der Waals surface area contributed by atoms with Crippen molar-refractivity contribution in [2.24, 2.45) is 0 Å². The van der Waals surface area contributed by atoms with Gasteiger partial charge >= 0.3 is 5.97 Å². The number of aromatic hydroxyl groups is 1. The van der Waals surface area contributed by atoms with Crippen LogP contribution in [0, 0.1) is 0 Å². The van der Waals surface area contributed by atoms with Crippen LogP contribution in [0.5, 0.6) is 5.75 Å². The van der Waals surface area contributed by atoms with E-state index in [1.165, 1.54) is 0 Å². The molecule has 7 nitrogen and oxygen atoms in total. The Morgan fingerprint density at radius 1 is 1.29 bits per heavy atom. The highest BCUT2D eigenvalue weighted by Gasteiger charge is 2.45. The van der Waals surface area contributed by atoms with Crippen LogP contribution in [-0.2, 0) is 28.3 Å². The number of nitrogens with zero attached hydrogens (tertiary/aromatic N) is 2. The number of carbonyl (C=O) groups excluding carboxylic acids is 1. The molecule has 2 aliphatic rings. The number of aromatic nitrogens is 2. The number of rotatable bonds is 1. The number of carbonyl (C=O) groups is 1. The second kappa shape index (κ2) is 5.52. The van der Waals surface area contributed by atoms with Crippen LogP contribution in [0.25, 0.3) is 22.3 Å². The fourth-order valence-corrected chi connectivity index (χ4v) is 5.06. The van der Waals surface area contributed by atoms with Crippen LogP contribution in [0.4, 0.5) is 0 Å². The molecule has 2 aliphatic heterocycles. The molecule has 8 heteroatoms. The van der Waals surface area contributed by atoms with E-state index in [0.717, 1.165) is 31.9 Å². The molecule has 28 heavy (non-hydrogen) atoms. The van der Waals surface area contributed by atoms with Crippen molar-refractivity contribution in [2.75, 3.05) is 0 Å². The van der Waals surface area contributed by atoms with Crippen molar-refractivity contribution >= 4 is 32.3 Å². The van der Waals surface area contributed by atoms with E-state index in [-0.39, 0.29) is 24.3 Å². The fraction of sp³-hybridized carbons (Fsp3) is 0.250. The Morgan fingerprint density at radius 3 is 2.82 bits per heavy atom. The molecule has 0 saturated carbocycles. The summed E-state index contributed by atoms with van der Waals surface area (Å²) in [5, 5.41) is 22.7. The molecule has 0 bridgehead atoms. The lowest BCUT2D eigenvalue weighted by Gasteiger charge is -2.31. The van der Waals surface area contributed by atoms with Crippen LogP contribution in [0.2, 0.25) is 0 Å². The molecule has 142 valence electrons. The van der Waals surface area contributed by atoms with E-state index < -0.39 is 11.6 Å². The highest BCUT2D eigenvalue weighted by Crippen LogP contribution is 2.38. The summed E-state index contributed by atoms with van der Waals surface area (Å²) in [7, 11) is 0.719. The van der Waals surface area contributed by atoms with Gasteiger partial charge in [-0.15, -0.1) is 0 Å². The van der Waals surface area contributed by atoms with E-state index in [9.17, 15) is 19.8 Å². The van der Waals surface area contributed by atoms with E-state index in [4.69, 9.17) is 9.72 Å². The molecule has 3 aromatic rings. The maximum absolute atomic E-state index is 13.1. The number of phenolic OH excluding ortho intramolecular Hbond substituents is 1. The van der Waals surface area contributed by atoms with Gasteiger partial charge in [0.05, 0.1) is 29.0 Å². The molecule has 0 aliphatic carbocycles. The third kappa shape index (κ3) is 2.04. The third-order valence-corrected chi connectivity index (χ3v) is 7.10. The predicted octanol–water partition coefficient (Wildman–Crippen LogP) is -0.224. The summed E-state index contributed by atoms with van der Waals surface area (Å²) in [5.41, 5.74) is 1.54. The SMILES string of the molecule is CC[C@@]1(O)C(=O)OCc2c1cc1n(c2=O)Cc2c-1nc1ccc(O)cc1c2[SiH3].